The fourth-order valence-corrected chi connectivity index (χ4v) is 2.47. The van der Waals surface area contributed by atoms with E-state index in [1.54, 1.807) is 11.3 Å². The fraction of sp³-hybridized carbons (Fsp3) is 0.308. The highest BCUT2D eigenvalue weighted by atomic mass is 32.1. The molecule has 0 atom stereocenters. The summed E-state index contributed by atoms with van der Waals surface area (Å²) in [6.45, 7) is 6.49. The van der Waals surface area contributed by atoms with Crippen LogP contribution in [-0.2, 0) is 6.61 Å². The van der Waals surface area contributed by atoms with E-state index in [0.29, 0.717) is 12.3 Å². The van der Waals surface area contributed by atoms with Crippen molar-refractivity contribution in [2.24, 2.45) is 0 Å². The van der Waals surface area contributed by atoms with Crippen LogP contribution in [0.3, 0.4) is 0 Å². The van der Waals surface area contributed by atoms with Crippen LogP contribution in [0.1, 0.15) is 21.8 Å². The monoisotopic (exact) mass is 248 g/mol. The van der Waals surface area contributed by atoms with Crippen LogP contribution in [0, 0.1) is 20.8 Å². The lowest BCUT2D eigenvalue weighted by Gasteiger charge is -2.11. The Bertz CT molecular complexity index is 511. The molecule has 0 aliphatic carbocycles. The molecule has 1 aromatic carbocycles. The molecule has 0 saturated heterocycles. The van der Waals surface area contributed by atoms with E-state index in [2.05, 4.69) is 11.1 Å². The minimum absolute atomic E-state index is 0.479. The first-order valence-corrected chi connectivity index (χ1v) is 6.35. The van der Waals surface area contributed by atoms with E-state index in [0.717, 1.165) is 27.6 Å². The maximum absolute atomic E-state index is 5.95. The molecule has 2 rings (SSSR count). The molecule has 0 saturated carbocycles. The third kappa shape index (κ3) is 2.77. The Morgan fingerprint density at radius 2 is 2.06 bits per heavy atom. The molecule has 0 unspecified atom stereocenters. The molecule has 0 radical (unpaired) electrons. The Kier molecular flexibility index (Phi) is 3.33. The number of rotatable bonds is 3. The van der Waals surface area contributed by atoms with Gasteiger partial charge in [0.15, 0.2) is 0 Å². The number of nitrogens with two attached hydrogens (primary N) is 1. The van der Waals surface area contributed by atoms with Crippen molar-refractivity contribution in [1.29, 1.82) is 0 Å². The van der Waals surface area contributed by atoms with Crippen molar-refractivity contribution in [3.63, 3.8) is 0 Å². The molecular formula is C13H16N2OS. The zero-order valence-corrected chi connectivity index (χ0v) is 11.1. The number of aryl methyl sites for hydroxylation is 3. The van der Waals surface area contributed by atoms with Gasteiger partial charge in [0, 0.05) is 11.1 Å². The van der Waals surface area contributed by atoms with E-state index in [9.17, 15) is 0 Å². The molecule has 90 valence electrons. The normalized spacial score (nSPS) is 10.5. The molecule has 2 N–H and O–H groups in total. The Hall–Kier alpha value is -1.55. The van der Waals surface area contributed by atoms with E-state index in [-0.39, 0.29) is 0 Å². The Morgan fingerprint density at radius 1 is 1.29 bits per heavy atom. The average Bonchev–Trinajstić information content (AvgIpc) is 2.62. The molecule has 2 aromatic rings. The highest BCUT2D eigenvalue weighted by Crippen LogP contribution is 2.28. The van der Waals surface area contributed by atoms with Gasteiger partial charge in [0.1, 0.15) is 17.4 Å². The van der Waals surface area contributed by atoms with Crippen LogP contribution in [0.2, 0.25) is 0 Å². The predicted molar refractivity (Wildman–Crippen MR) is 71.5 cm³/mol. The van der Waals surface area contributed by atoms with Gasteiger partial charge >= 0.3 is 0 Å². The van der Waals surface area contributed by atoms with Gasteiger partial charge in [0.2, 0.25) is 0 Å². The first-order valence-electron chi connectivity index (χ1n) is 5.47. The lowest BCUT2D eigenvalue weighted by atomic mass is 10.1. The Labute approximate surface area is 105 Å². The quantitative estimate of drug-likeness (QED) is 0.848. The van der Waals surface area contributed by atoms with Crippen molar-refractivity contribution in [2.75, 3.05) is 5.73 Å². The first-order chi connectivity index (χ1) is 8.06. The van der Waals surface area contributed by atoms with Crippen LogP contribution in [0.4, 0.5) is 5.69 Å². The van der Waals surface area contributed by atoms with Crippen molar-refractivity contribution in [1.82, 2.24) is 4.98 Å². The van der Waals surface area contributed by atoms with Gasteiger partial charge < -0.3 is 10.5 Å². The number of anilines is 1. The number of hydrogen-bond donors (Lipinski definition) is 1. The van der Waals surface area contributed by atoms with Crippen LogP contribution in [0.5, 0.6) is 5.75 Å². The van der Waals surface area contributed by atoms with Crippen LogP contribution in [0.15, 0.2) is 17.5 Å². The predicted octanol–water partition coefficient (Wildman–Crippen LogP) is 3.23. The maximum atomic E-state index is 5.95. The number of hydrogen-bond acceptors (Lipinski definition) is 4. The zero-order chi connectivity index (χ0) is 12.4. The second-order valence-electron chi connectivity index (χ2n) is 4.17. The molecule has 0 spiro atoms. The number of thiazole rings is 1. The van der Waals surface area contributed by atoms with E-state index in [1.807, 2.05) is 32.2 Å². The smallest absolute Gasteiger partial charge is 0.145 e. The molecule has 1 aromatic heterocycles. The number of ether oxygens (including phenoxy) is 1. The first kappa shape index (κ1) is 11.9. The second-order valence-corrected chi connectivity index (χ2v) is 5.11. The molecule has 0 amide bonds. The van der Waals surface area contributed by atoms with E-state index in [4.69, 9.17) is 10.5 Å². The number of benzene rings is 1. The van der Waals surface area contributed by atoms with Gasteiger partial charge in [-0.2, -0.15) is 0 Å². The van der Waals surface area contributed by atoms with Gasteiger partial charge in [0.05, 0.1) is 5.69 Å². The summed E-state index contributed by atoms with van der Waals surface area (Å²) in [4.78, 5) is 4.36. The Morgan fingerprint density at radius 3 is 2.65 bits per heavy atom. The molecule has 0 aliphatic rings. The van der Waals surface area contributed by atoms with Crippen molar-refractivity contribution < 1.29 is 4.74 Å². The summed E-state index contributed by atoms with van der Waals surface area (Å²) >= 11 is 1.61. The van der Waals surface area contributed by atoms with Gasteiger partial charge in [-0.15, -0.1) is 11.3 Å². The molecule has 3 nitrogen and oxygen atoms in total. The fourth-order valence-electron chi connectivity index (χ4n) is 1.79. The minimum Gasteiger partial charge on any atom is -0.484 e. The van der Waals surface area contributed by atoms with Gasteiger partial charge in [-0.05, 0) is 38.0 Å². The molecular weight excluding hydrogens is 232 g/mol. The molecule has 4 heteroatoms. The summed E-state index contributed by atoms with van der Waals surface area (Å²) in [5.74, 6) is 0.767. The number of nitrogen functional groups attached to an aromatic ring is 1. The summed E-state index contributed by atoms with van der Waals surface area (Å²) in [5, 5.41) is 2.99. The molecule has 1 heterocycles. The minimum atomic E-state index is 0.479. The summed E-state index contributed by atoms with van der Waals surface area (Å²) in [7, 11) is 0. The SMILES string of the molecule is Cc1cc(C)c(OCc2nc(C)cs2)c(N)c1. The second kappa shape index (κ2) is 4.75. The average molecular weight is 248 g/mol. The van der Waals surface area contributed by atoms with E-state index < -0.39 is 0 Å². The van der Waals surface area contributed by atoms with Crippen LogP contribution in [0.25, 0.3) is 0 Å². The third-order valence-electron chi connectivity index (χ3n) is 2.45. The van der Waals surface area contributed by atoms with Crippen molar-refractivity contribution in [3.05, 3.63) is 39.3 Å². The lowest BCUT2D eigenvalue weighted by Crippen LogP contribution is -2.01. The summed E-state index contributed by atoms with van der Waals surface area (Å²) < 4.78 is 5.74. The highest BCUT2D eigenvalue weighted by Gasteiger charge is 2.07. The number of aromatic nitrogens is 1. The van der Waals surface area contributed by atoms with Crippen molar-refractivity contribution >= 4 is 17.0 Å². The van der Waals surface area contributed by atoms with Crippen LogP contribution < -0.4 is 10.5 Å². The molecule has 0 fully saturated rings. The highest BCUT2D eigenvalue weighted by molar-refractivity contribution is 7.09. The van der Waals surface area contributed by atoms with E-state index >= 15 is 0 Å². The molecule has 17 heavy (non-hydrogen) atoms. The van der Waals surface area contributed by atoms with E-state index in [1.165, 1.54) is 0 Å². The number of nitrogens with zero attached hydrogens (tertiary/aromatic N) is 1. The molecule has 0 aliphatic heterocycles. The van der Waals surface area contributed by atoms with Crippen LogP contribution >= 0.6 is 11.3 Å². The van der Waals surface area contributed by atoms with Gasteiger partial charge in [-0.25, -0.2) is 4.98 Å². The summed E-state index contributed by atoms with van der Waals surface area (Å²) in [5.41, 5.74) is 9.89. The zero-order valence-electron chi connectivity index (χ0n) is 10.3. The van der Waals surface area contributed by atoms with Gasteiger partial charge in [-0.3, -0.25) is 0 Å². The van der Waals surface area contributed by atoms with Gasteiger partial charge in [0.25, 0.3) is 0 Å². The van der Waals surface area contributed by atoms with Crippen molar-refractivity contribution in [2.45, 2.75) is 27.4 Å². The third-order valence-corrected chi connectivity index (χ3v) is 3.39. The topological polar surface area (TPSA) is 48.1 Å². The maximum Gasteiger partial charge on any atom is 0.145 e. The largest absolute Gasteiger partial charge is 0.484 e. The Balaban J connectivity index is 2.14. The lowest BCUT2D eigenvalue weighted by molar-refractivity contribution is 0.305. The van der Waals surface area contributed by atoms with Gasteiger partial charge in [-0.1, -0.05) is 6.07 Å². The summed E-state index contributed by atoms with van der Waals surface area (Å²) in [6.07, 6.45) is 0. The standard InChI is InChI=1S/C13H16N2OS/c1-8-4-9(2)13(11(14)5-8)16-6-12-15-10(3)7-17-12/h4-5,7H,6,14H2,1-3H3. The molecule has 0 bridgehead atoms. The van der Waals surface area contributed by atoms with Crippen LogP contribution in [-0.4, -0.2) is 4.98 Å². The summed E-state index contributed by atoms with van der Waals surface area (Å²) in [6, 6.07) is 3.99. The van der Waals surface area contributed by atoms with Crippen molar-refractivity contribution in [3.8, 4) is 5.75 Å².